The highest BCUT2D eigenvalue weighted by atomic mass is 16.5. The molecule has 2 aromatic rings. The average Bonchev–Trinajstić information content (AvgIpc) is 2.83. The van der Waals surface area contributed by atoms with Gasteiger partial charge in [-0.2, -0.15) is 4.98 Å². The van der Waals surface area contributed by atoms with Crippen molar-refractivity contribution in [2.45, 2.75) is 32.5 Å². The molecule has 1 aliphatic rings. The van der Waals surface area contributed by atoms with Gasteiger partial charge in [-0.1, -0.05) is 29.4 Å². The number of aryl methyl sites for hydroxylation is 1. The Morgan fingerprint density at radius 1 is 1.45 bits per heavy atom. The molecule has 0 unspecified atom stereocenters. The predicted octanol–water partition coefficient (Wildman–Crippen LogP) is 0.790. The minimum atomic E-state index is -0.336. The number of primary amides is 1. The number of hydrogen-bond acceptors (Lipinski definition) is 5. The van der Waals surface area contributed by atoms with Crippen LogP contribution in [0.1, 0.15) is 22.8 Å². The Labute approximate surface area is 116 Å². The van der Waals surface area contributed by atoms with Crippen molar-refractivity contribution in [3.05, 3.63) is 47.1 Å². The van der Waals surface area contributed by atoms with Gasteiger partial charge in [0.15, 0.2) is 5.82 Å². The lowest BCUT2D eigenvalue weighted by Crippen LogP contribution is -2.48. The summed E-state index contributed by atoms with van der Waals surface area (Å²) in [4.78, 5) is 17.9. The smallest absolute Gasteiger partial charge is 0.240 e. The Morgan fingerprint density at radius 3 is 2.85 bits per heavy atom. The maximum Gasteiger partial charge on any atom is 0.240 e. The lowest BCUT2D eigenvalue weighted by atomic mass is 9.93. The number of aromatic nitrogens is 2. The molecule has 0 bridgehead atoms. The van der Waals surface area contributed by atoms with E-state index in [9.17, 15) is 4.79 Å². The maximum absolute atomic E-state index is 11.7. The van der Waals surface area contributed by atoms with Gasteiger partial charge in [0.05, 0.1) is 12.6 Å². The molecule has 20 heavy (non-hydrogen) atoms. The van der Waals surface area contributed by atoms with Crippen LogP contribution in [0, 0.1) is 6.92 Å². The number of rotatable bonds is 3. The van der Waals surface area contributed by atoms with E-state index in [1.165, 1.54) is 11.1 Å². The van der Waals surface area contributed by atoms with Gasteiger partial charge >= 0.3 is 0 Å². The standard InChI is InChI=1S/C14H16N4O2/c1-9-16-13(20-17-9)8-18-7-11-5-3-2-4-10(11)6-12(18)14(15)19/h2-5,12H,6-8H2,1H3,(H2,15,19)/t12-/m0/s1. The molecule has 2 N–H and O–H groups in total. The Bertz CT molecular complexity index is 638. The van der Waals surface area contributed by atoms with Gasteiger partial charge in [-0.05, 0) is 24.5 Å². The lowest BCUT2D eigenvalue weighted by molar-refractivity contribution is -0.124. The quantitative estimate of drug-likeness (QED) is 0.892. The second-order valence-electron chi connectivity index (χ2n) is 5.03. The molecule has 1 aliphatic heterocycles. The molecule has 0 saturated carbocycles. The summed E-state index contributed by atoms with van der Waals surface area (Å²) in [6, 6.07) is 7.75. The van der Waals surface area contributed by atoms with Crippen molar-refractivity contribution >= 4 is 5.91 Å². The largest absolute Gasteiger partial charge is 0.368 e. The zero-order chi connectivity index (χ0) is 14.1. The van der Waals surface area contributed by atoms with Crippen LogP contribution >= 0.6 is 0 Å². The van der Waals surface area contributed by atoms with E-state index >= 15 is 0 Å². The van der Waals surface area contributed by atoms with E-state index < -0.39 is 0 Å². The number of nitrogens with zero attached hydrogens (tertiary/aromatic N) is 3. The highest BCUT2D eigenvalue weighted by Gasteiger charge is 2.30. The van der Waals surface area contributed by atoms with Gasteiger partial charge in [-0.3, -0.25) is 9.69 Å². The number of benzene rings is 1. The van der Waals surface area contributed by atoms with E-state index in [-0.39, 0.29) is 11.9 Å². The van der Waals surface area contributed by atoms with Crippen molar-refractivity contribution in [2.24, 2.45) is 5.73 Å². The minimum Gasteiger partial charge on any atom is -0.368 e. The molecule has 1 amide bonds. The normalized spacial score (nSPS) is 18.8. The Kier molecular flexibility index (Phi) is 3.23. The van der Waals surface area contributed by atoms with Gasteiger partial charge in [0.1, 0.15) is 0 Å². The van der Waals surface area contributed by atoms with Gasteiger partial charge in [0.2, 0.25) is 11.8 Å². The first-order chi connectivity index (χ1) is 9.63. The topological polar surface area (TPSA) is 85.3 Å². The van der Waals surface area contributed by atoms with Crippen LogP contribution < -0.4 is 5.73 Å². The fraction of sp³-hybridized carbons (Fsp3) is 0.357. The summed E-state index contributed by atoms with van der Waals surface area (Å²) in [5.74, 6) is 0.775. The number of carbonyl (C=O) groups is 1. The molecule has 3 rings (SSSR count). The van der Waals surface area contributed by atoms with E-state index in [1.807, 2.05) is 23.1 Å². The summed E-state index contributed by atoms with van der Waals surface area (Å²) in [5, 5.41) is 3.77. The summed E-state index contributed by atoms with van der Waals surface area (Å²) >= 11 is 0. The van der Waals surface area contributed by atoms with Crippen LogP contribution in [-0.4, -0.2) is 27.0 Å². The van der Waals surface area contributed by atoms with Crippen molar-refractivity contribution in [3.63, 3.8) is 0 Å². The molecule has 0 spiro atoms. The molecule has 0 saturated heterocycles. The molecule has 0 radical (unpaired) electrons. The SMILES string of the molecule is Cc1noc(CN2Cc3ccccc3C[C@H]2C(N)=O)n1. The first-order valence-electron chi connectivity index (χ1n) is 6.53. The number of hydrogen-bond donors (Lipinski definition) is 1. The fourth-order valence-electron chi connectivity index (χ4n) is 2.60. The molecule has 1 aromatic carbocycles. The third-order valence-corrected chi connectivity index (χ3v) is 3.58. The van der Waals surface area contributed by atoms with Crippen LogP contribution in [-0.2, 0) is 24.3 Å². The molecule has 1 atom stereocenters. The van der Waals surface area contributed by atoms with E-state index in [1.54, 1.807) is 6.92 Å². The maximum atomic E-state index is 11.7. The lowest BCUT2D eigenvalue weighted by Gasteiger charge is -2.33. The van der Waals surface area contributed by atoms with Gasteiger partial charge in [0, 0.05) is 6.54 Å². The highest BCUT2D eigenvalue weighted by Crippen LogP contribution is 2.24. The monoisotopic (exact) mass is 272 g/mol. The summed E-state index contributed by atoms with van der Waals surface area (Å²) in [7, 11) is 0. The first-order valence-corrected chi connectivity index (χ1v) is 6.53. The number of fused-ring (bicyclic) bond motifs is 1. The molecule has 1 aromatic heterocycles. The van der Waals surface area contributed by atoms with E-state index in [4.69, 9.17) is 10.3 Å². The molecule has 2 heterocycles. The summed E-state index contributed by atoms with van der Waals surface area (Å²) in [6.45, 7) is 2.86. The van der Waals surface area contributed by atoms with Crippen molar-refractivity contribution in [1.29, 1.82) is 0 Å². The molecule has 0 fully saturated rings. The third kappa shape index (κ3) is 2.42. The second-order valence-corrected chi connectivity index (χ2v) is 5.03. The molecular formula is C14H16N4O2. The van der Waals surface area contributed by atoms with Gasteiger partial charge in [0.25, 0.3) is 0 Å². The highest BCUT2D eigenvalue weighted by molar-refractivity contribution is 5.80. The third-order valence-electron chi connectivity index (χ3n) is 3.58. The second kappa shape index (κ2) is 5.05. The minimum absolute atomic E-state index is 0.323. The van der Waals surface area contributed by atoms with Crippen LogP contribution in [0.5, 0.6) is 0 Å². The Morgan fingerprint density at radius 2 is 2.20 bits per heavy atom. The van der Waals surface area contributed by atoms with Gasteiger partial charge in [-0.25, -0.2) is 0 Å². The summed E-state index contributed by atoms with van der Waals surface area (Å²) in [5.41, 5.74) is 7.91. The van der Waals surface area contributed by atoms with Crippen LogP contribution in [0.15, 0.2) is 28.8 Å². The number of nitrogens with two attached hydrogens (primary N) is 1. The summed E-state index contributed by atoms with van der Waals surface area (Å²) in [6.07, 6.45) is 0.624. The molecule has 104 valence electrons. The Balaban J connectivity index is 1.86. The molecule has 6 nitrogen and oxygen atoms in total. The first kappa shape index (κ1) is 12.8. The Hall–Kier alpha value is -2.21. The number of carbonyl (C=O) groups excluding carboxylic acids is 1. The zero-order valence-electron chi connectivity index (χ0n) is 11.2. The molecular weight excluding hydrogens is 256 g/mol. The molecule has 0 aliphatic carbocycles. The summed E-state index contributed by atoms with van der Waals surface area (Å²) < 4.78 is 5.13. The van der Waals surface area contributed by atoms with Crippen molar-refractivity contribution in [3.8, 4) is 0 Å². The van der Waals surface area contributed by atoms with Crippen LogP contribution in [0.25, 0.3) is 0 Å². The van der Waals surface area contributed by atoms with Crippen molar-refractivity contribution < 1.29 is 9.32 Å². The van der Waals surface area contributed by atoms with E-state index in [0.717, 1.165) is 0 Å². The van der Waals surface area contributed by atoms with Gasteiger partial charge in [-0.15, -0.1) is 0 Å². The van der Waals surface area contributed by atoms with Crippen LogP contribution in [0.4, 0.5) is 0 Å². The van der Waals surface area contributed by atoms with E-state index in [2.05, 4.69) is 16.2 Å². The number of amides is 1. The predicted molar refractivity (Wildman–Crippen MR) is 71.4 cm³/mol. The zero-order valence-corrected chi connectivity index (χ0v) is 11.2. The molecule has 6 heteroatoms. The van der Waals surface area contributed by atoms with Crippen LogP contribution in [0.2, 0.25) is 0 Å². The van der Waals surface area contributed by atoms with Crippen LogP contribution in [0.3, 0.4) is 0 Å². The fourth-order valence-corrected chi connectivity index (χ4v) is 2.60. The van der Waals surface area contributed by atoms with E-state index in [0.29, 0.717) is 31.2 Å². The van der Waals surface area contributed by atoms with Crippen molar-refractivity contribution in [1.82, 2.24) is 15.0 Å². The van der Waals surface area contributed by atoms with Gasteiger partial charge < -0.3 is 10.3 Å². The average molecular weight is 272 g/mol. The van der Waals surface area contributed by atoms with Crippen molar-refractivity contribution in [2.75, 3.05) is 0 Å².